The van der Waals surface area contributed by atoms with Gasteiger partial charge in [-0.05, 0) is 59.0 Å². The zero-order valence-electron chi connectivity index (χ0n) is 18.1. The third kappa shape index (κ3) is 6.11. The van der Waals surface area contributed by atoms with Crippen molar-refractivity contribution in [3.63, 3.8) is 0 Å². The van der Waals surface area contributed by atoms with Gasteiger partial charge in [-0.15, -0.1) is 0 Å². The summed E-state index contributed by atoms with van der Waals surface area (Å²) in [4.78, 5) is 11.7. The Hall–Kier alpha value is -3.32. The first kappa shape index (κ1) is 23.3. The highest BCUT2D eigenvalue weighted by Gasteiger charge is 2.25. The van der Waals surface area contributed by atoms with E-state index in [4.69, 9.17) is 14.7 Å². The van der Waals surface area contributed by atoms with Crippen molar-refractivity contribution in [2.45, 2.75) is 39.4 Å². The molecule has 7 heteroatoms. The number of aryl methyl sites for hydroxylation is 1. The summed E-state index contributed by atoms with van der Waals surface area (Å²) in [6.45, 7) is 4.26. The van der Waals surface area contributed by atoms with Crippen molar-refractivity contribution in [2.24, 2.45) is 11.1 Å². The summed E-state index contributed by atoms with van der Waals surface area (Å²) in [7, 11) is 0. The summed E-state index contributed by atoms with van der Waals surface area (Å²) in [5.41, 5.74) is 3.57. The van der Waals surface area contributed by atoms with Crippen molar-refractivity contribution in [1.29, 1.82) is 0 Å². The van der Waals surface area contributed by atoms with Crippen LogP contribution >= 0.6 is 11.3 Å². The van der Waals surface area contributed by atoms with Gasteiger partial charge in [0, 0.05) is 18.1 Å². The highest BCUT2D eigenvalue weighted by molar-refractivity contribution is 7.07. The molecule has 1 heterocycles. The normalized spacial score (nSPS) is 13.1. The minimum absolute atomic E-state index is 0.312. The van der Waals surface area contributed by atoms with Gasteiger partial charge in [0.2, 0.25) is 0 Å². The van der Waals surface area contributed by atoms with Crippen LogP contribution in [0.1, 0.15) is 48.1 Å². The molecule has 0 aliphatic heterocycles. The van der Waals surface area contributed by atoms with Gasteiger partial charge in [0.1, 0.15) is 24.2 Å². The van der Waals surface area contributed by atoms with Gasteiger partial charge in [0.25, 0.3) is 0 Å². The molecule has 2 aromatic carbocycles. The van der Waals surface area contributed by atoms with Gasteiger partial charge in [0.15, 0.2) is 0 Å². The molecule has 0 radical (unpaired) electrons. The fourth-order valence-corrected chi connectivity index (χ4v) is 4.11. The Bertz CT molecular complexity index is 1050. The highest BCUT2D eigenvalue weighted by atomic mass is 32.1. The third-order valence-corrected chi connectivity index (χ3v) is 6.04. The second-order valence-electron chi connectivity index (χ2n) is 7.51. The number of carboxylic acids is 1. The maximum absolute atomic E-state index is 11.7. The largest absolute Gasteiger partial charge is 0.489 e. The summed E-state index contributed by atoms with van der Waals surface area (Å²) < 4.78 is 12.3. The molecule has 1 aromatic heterocycles. The van der Waals surface area contributed by atoms with E-state index in [2.05, 4.69) is 5.16 Å². The molecule has 0 saturated heterocycles. The SMILES string of the molecule is CCC(CC(Oc1cc(OCc2ccsc2)ccc1C=NO)c1ccccc1C)C(=O)O. The van der Waals surface area contributed by atoms with Crippen LogP contribution in [0.3, 0.4) is 0 Å². The van der Waals surface area contributed by atoms with E-state index in [1.165, 1.54) is 6.21 Å². The van der Waals surface area contributed by atoms with Crippen molar-refractivity contribution in [3.8, 4) is 11.5 Å². The Morgan fingerprint density at radius 3 is 2.69 bits per heavy atom. The van der Waals surface area contributed by atoms with Crippen LogP contribution in [0.2, 0.25) is 0 Å². The van der Waals surface area contributed by atoms with Gasteiger partial charge in [-0.1, -0.05) is 36.3 Å². The topological polar surface area (TPSA) is 88.4 Å². The molecule has 0 saturated carbocycles. The lowest BCUT2D eigenvalue weighted by Crippen LogP contribution is -2.20. The van der Waals surface area contributed by atoms with Crippen LogP contribution in [0.5, 0.6) is 11.5 Å². The molecule has 168 valence electrons. The zero-order valence-corrected chi connectivity index (χ0v) is 18.9. The monoisotopic (exact) mass is 453 g/mol. The van der Waals surface area contributed by atoms with Gasteiger partial charge in [-0.2, -0.15) is 11.3 Å². The molecule has 0 aliphatic rings. The van der Waals surface area contributed by atoms with Crippen LogP contribution in [0.15, 0.2) is 64.4 Å². The molecule has 3 rings (SSSR count). The van der Waals surface area contributed by atoms with Gasteiger partial charge in [-0.3, -0.25) is 4.79 Å². The van der Waals surface area contributed by atoms with Crippen LogP contribution in [0.25, 0.3) is 0 Å². The number of benzene rings is 2. The van der Waals surface area contributed by atoms with Gasteiger partial charge < -0.3 is 19.8 Å². The predicted octanol–water partition coefficient (Wildman–Crippen LogP) is 6.06. The maximum atomic E-state index is 11.7. The lowest BCUT2D eigenvalue weighted by atomic mass is 9.92. The standard InChI is InChI=1S/C25H27NO5S/c1-3-19(25(27)28)12-24(22-7-5-4-6-17(22)2)31-23-13-21(9-8-20(23)14-26-29)30-15-18-10-11-32-16-18/h4-11,13-14,16,19,24,29H,3,12,15H2,1-2H3,(H,27,28). The molecule has 2 unspecified atom stereocenters. The quantitative estimate of drug-likeness (QED) is 0.209. The molecule has 3 aromatic rings. The van der Waals surface area contributed by atoms with Crippen LogP contribution < -0.4 is 9.47 Å². The van der Waals surface area contributed by atoms with E-state index >= 15 is 0 Å². The number of nitrogens with zero attached hydrogens (tertiary/aromatic N) is 1. The minimum atomic E-state index is -0.848. The Labute approximate surface area is 191 Å². The van der Waals surface area contributed by atoms with Crippen molar-refractivity contribution in [1.82, 2.24) is 0 Å². The average Bonchev–Trinajstić information content (AvgIpc) is 3.30. The second kappa shape index (κ2) is 11.3. The van der Waals surface area contributed by atoms with Crippen molar-refractivity contribution < 1.29 is 24.6 Å². The second-order valence-corrected chi connectivity index (χ2v) is 8.29. The Morgan fingerprint density at radius 2 is 2.03 bits per heavy atom. The number of thiophene rings is 1. The van der Waals surface area contributed by atoms with E-state index in [1.807, 2.05) is 54.9 Å². The van der Waals surface area contributed by atoms with E-state index in [0.29, 0.717) is 36.5 Å². The van der Waals surface area contributed by atoms with E-state index in [0.717, 1.165) is 16.7 Å². The van der Waals surface area contributed by atoms with Crippen LogP contribution in [0.4, 0.5) is 0 Å². The minimum Gasteiger partial charge on any atom is -0.489 e. The molecule has 0 bridgehead atoms. The number of carbonyl (C=O) groups is 1. The summed E-state index contributed by atoms with van der Waals surface area (Å²) in [5, 5.41) is 25.9. The van der Waals surface area contributed by atoms with Crippen molar-refractivity contribution in [2.75, 3.05) is 0 Å². The highest BCUT2D eigenvalue weighted by Crippen LogP contribution is 2.34. The van der Waals surface area contributed by atoms with Crippen LogP contribution in [-0.2, 0) is 11.4 Å². The molecular weight excluding hydrogens is 426 g/mol. The van der Waals surface area contributed by atoms with E-state index < -0.39 is 18.0 Å². The van der Waals surface area contributed by atoms with Crippen LogP contribution in [0, 0.1) is 12.8 Å². The number of aliphatic carboxylic acids is 1. The first-order valence-corrected chi connectivity index (χ1v) is 11.4. The van der Waals surface area contributed by atoms with E-state index in [9.17, 15) is 9.90 Å². The summed E-state index contributed by atoms with van der Waals surface area (Å²) in [5.74, 6) is -0.332. The molecule has 0 aliphatic carbocycles. The van der Waals surface area contributed by atoms with Crippen molar-refractivity contribution in [3.05, 3.63) is 81.5 Å². The van der Waals surface area contributed by atoms with Gasteiger partial charge in [-0.25, -0.2) is 0 Å². The Morgan fingerprint density at radius 1 is 1.22 bits per heavy atom. The maximum Gasteiger partial charge on any atom is 0.306 e. The number of ether oxygens (including phenoxy) is 2. The number of hydrogen-bond donors (Lipinski definition) is 2. The number of oxime groups is 1. The first-order chi connectivity index (χ1) is 15.5. The Balaban J connectivity index is 1.92. The molecule has 32 heavy (non-hydrogen) atoms. The molecule has 6 nitrogen and oxygen atoms in total. The zero-order chi connectivity index (χ0) is 22.9. The molecule has 2 atom stereocenters. The van der Waals surface area contributed by atoms with E-state index in [1.54, 1.807) is 29.5 Å². The lowest BCUT2D eigenvalue weighted by Gasteiger charge is -2.25. The lowest BCUT2D eigenvalue weighted by molar-refractivity contribution is -0.142. The molecule has 0 fully saturated rings. The number of carboxylic acid groups (broad SMARTS) is 1. The first-order valence-electron chi connectivity index (χ1n) is 10.4. The fourth-order valence-electron chi connectivity index (χ4n) is 3.46. The molecular formula is C25H27NO5S. The Kier molecular flexibility index (Phi) is 8.27. The van der Waals surface area contributed by atoms with Crippen LogP contribution in [-0.4, -0.2) is 22.5 Å². The van der Waals surface area contributed by atoms with Gasteiger partial charge in [0.05, 0.1) is 12.1 Å². The third-order valence-electron chi connectivity index (χ3n) is 5.31. The fraction of sp³-hybridized carbons (Fsp3) is 0.280. The number of hydrogen-bond acceptors (Lipinski definition) is 6. The predicted molar refractivity (Wildman–Crippen MR) is 125 cm³/mol. The molecule has 0 spiro atoms. The van der Waals surface area contributed by atoms with E-state index in [-0.39, 0.29) is 0 Å². The molecule has 0 amide bonds. The average molecular weight is 454 g/mol. The molecule has 2 N–H and O–H groups in total. The van der Waals surface area contributed by atoms with Gasteiger partial charge >= 0.3 is 5.97 Å². The summed E-state index contributed by atoms with van der Waals surface area (Å²) in [6, 6.07) is 15.1. The number of rotatable bonds is 11. The summed E-state index contributed by atoms with van der Waals surface area (Å²) >= 11 is 1.61. The van der Waals surface area contributed by atoms with Crippen molar-refractivity contribution >= 4 is 23.5 Å². The smallest absolute Gasteiger partial charge is 0.306 e. The summed E-state index contributed by atoms with van der Waals surface area (Å²) in [6.07, 6.45) is 1.61.